The molecule has 0 aromatic heterocycles. The first kappa shape index (κ1) is 16.0. The highest BCUT2D eigenvalue weighted by Gasteiger charge is 2.24. The summed E-state index contributed by atoms with van der Waals surface area (Å²) < 4.78 is 0. The fourth-order valence-electron chi connectivity index (χ4n) is 4.59. The smallest absolute Gasteiger partial charge is 0.258 e. The van der Waals surface area contributed by atoms with E-state index in [1.54, 1.807) is 12.1 Å². The third-order valence-corrected chi connectivity index (χ3v) is 5.88. The van der Waals surface area contributed by atoms with E-state index < -0.39 is 0 Å². The van der Waals surface area contributed by atoms with Gasteiger partial charge in [0, 0.05) is 18.1 Å². The highest BCUT2D eigenvalue weighted by Crippen LogP contribution is 2.41. The second-order valence-electron chi connectivity index (χ2n) is 7.31. The Hall–Kier alpha value is -3.20. The quantitative estimate of drug-likeness (QED) is 0.239. The van der Waals surface area contributed by atoms with Crippen LogP contribution in [0, 0.1) is 10.1 Å². The second-order valence-corrected chi connectivity index (χ2v) is 7.31. The average Bonchev–Trinajstić information content (AvgIpc) is 2.73. The largest absolute Gasteiger partial charge is 0.269 e. The number of nitrogens with zero attached hydrogens (tertiary/aromatic N) is 1. The minimum absolute atomic E-state index is 0.153. The van der Waals surface area contributed by atoms with Gasteiger partial charge >= 0.3 is 0 Å². The molecule has 0 aliphatic heterocycles. The molecule has 0 amide bonds. The summed E-state index contributed by atoms with van der Waals surface area (Å²) in [6.07, 6.45) is 3.32. The summed E-state index contributed by atoms with van der Waals surface area (Å²) in [6.45, 7) is 0. The molecule has 1 aliphatic rings. The number of fused-ring (bicyclic) bond motifs is 5. The zero-order chi connectivity index (χ0) is 18.4. The first-order valence-corrected chi connectivity index (χ1v) is 9.40. The Bertz CT molecular complexity index is 1180. The van der Waals surface area contributed by atoms with Crippen molar-refractivity contribution in [2.75, 3.05) is 0 Å². The third-order valence-electron chi connectivity index (χ3n) is 5.88. The van der Waals surface area contributed by atoms with E-state index in [0.717, 1.165) is 19.3 Å². The minimum Gasteiger partial charge on any atom is -0.258 e. The van der Waals surface area contributed by atoms with Crippen LogP contribution < -0.4 is 0 Å². The number of hydrogen-bond acceptors (Lipinski definition) is 2. The molecule has 1 aliphatic carbocycles. The Labute approximate surface area is 157 Å². The van der Waals surface area contributed by atoms with Gasteiger partial charge < -0.3 is 0 Å². The van der Waals surface area contributed by atoms with Gasteiger partial charge in [-0.25, -0.2) is 0 Å². The van der Waals surface area contributed by atoms with E-state index in [-0.39, 0.29) is 10.6 Å². The van der Waals surface area contributed by atoms with Crippen LogP contribution in [0.3, 0.4) is 0 Å². The van der Waals surface area contributed by atoms with Crippen molar-refractivity contribution in [3.8, 4) is 0 Å². The van der Waals surface area contributed by atoms with Gasteiger partial charge in [-0.3, -0.25) is 10.1 Å². The van der Waals surface area contributed by atoms with E-state index in [1.807, 2.05) is 12.1 Å². The molecule has 0 N–H and O–H groups in total. The summed E-state index contributed by atoms with van der Waals surface area (Å²) in [4.78, 5) is 10.6. The van der Waals surface area contributed by atoms with Crippen LogP contribution in [0.15, 0.2) is 72.8 Å². The lowest BCUT2D eigenvalue weighted by atomic mass is 9.77. The number of benzene rings is 4. The Kier molecular flexibility index (Phi) is 3.68. The summed E-state index contributed by atoms with van der Waals surface area (Å²) in [5.74, 6) is 0.311. The van der Waals surface area contributed by atoms with Crippen LogP contribution >= 0.6 is 0 Å². The highest BCUT2D eigenvalue weighted by atomic mass is 16.6. The van der Waals surface area contributed by atoms with Crippen molar-refractivity contribution in [3.63, 3.8) is 0 Å². The lowest BCUT2D eigenvalue weighted by molar-refractivity contribution is -0.384. The number of hydrogen-bond donors (Lipinski definition) is 0. The van der Waals surface area contributed by atoms with Crippen LogP contribution in [0.25, 0.3) is 21.5 Å². The van der Waals surface area contributed by atoms with Gasteiger partial charge in [-0.15, -0.1) is 0 Å². The van der Waals surface area contributed by atoms with E-state index in [4.69, 9.17) is 0 Å². The topological polar surface area (TPSA) is 43.1 Å². The number of non-ortho nitro benzene ring substituents is 1. The lowest BCUT2D eigenvalue weighted by Gasteiger charge is -2.27. The van der Waals surface area contributed by atoms with Crippen molar-refractivity contribution >= 4 is 27.2 Å². The fraction of sp³-hybridized carbons (Fsp3) is 0.167. The molecule has 4 aromatic rings. The molecule has 1 unspecified atom stereocenters. The Morgan fingerprint density at radius 1 is 0.815 bits per heavy atom. The van der Waals surface area contributed by atoms with Gasteiger partial charge in [0.05, 0.1) is 4.92 Å². The maximum atomic E-state index is 10.9. The normalized spacial score (nSPS) is 16.4. The first-order chi connectivity index (χ1) is 13.2. The SMILES string of the molecule is O=[N+]([O-])c1ccc(C2CCCc3c2ccc2c3ccc3ccccc32)cc1. The minimum atomic E-state index is -0.336. The predicted molar refractivity (Wildman–Crippen MR) is 109 cm³/mol. The number of nitro benzene ring substituents is 1. The third kappa shape index (κ3) is 2.58. The maximum absolute atomic E-state index is 10.9. The summed E-state index contributed by atoms with van der Waals surface area (Å²) in [5, 5.41) is 16.2. The van der Waals surface area contributed by atoms with Crippen molar-refractivity contribution in [2.24, 2.45) is 0 Å². The summed E-state index contributed by atoms with van der Waals surface area (Å²) >= 11 is 0. The van der Waals surface area contributed by atoms with Crippen LogP contribution in [0.4, 0.5) is 5.69 Å². The van der Waals surface area contributed by atoms with E-state index in [2.05, 4.69) is 48.5 Å². The van der Waals surface area contributed by atoms with Crippen molar-refractivity contribution in [3.05, 3.63) is 99.6 Å². The van der Waals surface area contributed by atoms with Gasteiger partial charge in [-0.2, -0.15) is 0 Å². The second kappa shape index (κ2) is 6.20. The molecule has 0 radical (unpaired) electrons. The Balaban J connectivity index is 1.67. The molecule has 1 atom stereocenters. The van der Waals surface area contributed by atoms with Crippen molar-refractivity contribution in [1.29, 1.82) is 0 Å². The molecule has 4 aromatic carbocycles. The summed E-state index contributed by atoms with van der Waals surface area (Å²) in [6, 6.07) is 24.6. The first-order valence-electron chi connectivity index (χ1n) is 9.40. The molecular weight excluding hydrogens is 334 g/mol. The Morgan fingerprint density at radius 3 is 2.41 bits per heavy atom. The summed E-state index contributed by atoms with van der Waals surface area (Å²) in [7, 11) is 0. The Morgan fingerprint density at radius 2 is 1.59 bits per heavy atom. The molecule has 0 saturated carbocycles. The van der Waals surface area contributed by atoms with Crippen molar-refractivity contribution in [2.45, 2.75) is 25.2 Å². The number of nitro groups is 1. The molecule has 132 valence electrons. The van der Waals surface area contributed by atoms with Crippen LogP contribution in [0.5, 0.6) is 0 Å². The number of aryl methyl sites for hydroxylation is 1. The molecule has 0 heterocycles. The molecule has 0 fully saturated rings. The molecular formula is C24H19NO2. The number of rotatable bonds is 2. The lowest BCUT2D eigenvalue weighted by Crippen LogP contribution is -2.11. The maximum Gasteiger partial charge on any atom is 0.269 e. The zero-order valence-electron chi connectivity index (χ0n) is 14.9. The molecule has 0 spiro atoms. The van der Waals surface area contributed by atoms with E-state index in [0.29, 0.717) is 5.92 Å². The van der Waals surface area contributed by atoms with Crippen LogP contribution in [-0.4, -0.2) is 4.92 Å². The van der Waals surface area contributed by atoms with E-state index in [9.17, 15) is 10.1 Å². The molecule has 3 nitrogen and oxygen atoms in total. The molecule has 3 heteroatoms. The van der Waals surface area contributed by atoms with E-state index in [1.165, 1.54) is 38.2 Å². The molecule has 0 bridgehead atoms. The molecule has 27 heavy (non-hydrogen) atoms. The highest BCUT2D eigenvalue weighted by molar-refractivity contribution is 6.08. The monoisotopic (exact) mass is 353 g/mol. The molecule has 0 saturated heterocycles. The fourth-order valence-corrected chi connectivity index (χ4v) is 4.59. The predicted octanol–water partition coefficient (Wildman–Crippen LogP) is 6.37. The van der Waals surface area contributed by atoms with Crippen LogP contribution in [-0.2, 0) is 6.42 Å². The van der Waals surface area contributed by atoms with Gasteiger partial charge in [0.2, 0.25) is 0 Å². The van der Waals surface area contributed by atoms with Gasteiger partial charge in [0.25, 0.3) is 5.69 Å². The molecule has 5 rings (SSSR count). The van der Waals surface area contributed by atoms with Crippen LogP contribution in [0.1, 0.15) is 35.4 Å². The van der Waals surface area contributed by atoms with Crippen molar-refractivity contribution in [1.82, 2.24) is 0 Å². The average molecular weight is 353 g/mol. The van der Waals surface area contributed by atoms with Gasteiger partial charge in [-0.1, -0.05) is 60.7 Å². The van der Waals surface area contributed by atoms with Crippen LogP contribution in [0.2, 0.25) is 0 Å². The van der Waals surface area contributed by atoms with Crippen molar-refractivity contribution < 1.29 is 4.92 Å². The zero-order valence-corrected chi connectivity index (χ0v) is 14.9. The van der Waals surface area contributed by atoms with Gasteiger partial charge in [0.15, 0.2) is 0 Å². The van der Waals surface area contributed by atoms with Gasteiger partial charge in [0.1, 0.15) is 0 Å². The van der Waals surface area contributed by atoms with E-state index >= 15 is 0 Å². The van der Waals surface area contributed by atoms with Gasteiger partial charge in [-0.05, 0) is 57.5 Å². The standard InChI is InChI=1S/C24H19NO2/c26-25(27)18-11-8-17(9-12-18)20-6-3-7-21-22(20)14-15-23-19-5-2-1-4-16(19)10-13-24(21)23/h1-2,4-5,8-15,20H,3,6-7H2. The summed E-state index contributed by atoms with van der Waals surface area (Å²) in [5.41, 5.74) is 4.13.